The molecule has 3 aromatic carbocycles. The van der Waals surface area contributed by atoms with Crippen LogP contribution in [-0.2, 0) is 38.4 Å². The first kappa shape index (κ1) is 43.6. The average Bonchev–Trinajstić information content (AvgIpc) is 3.24. The Hall–Kier alpha value is -6.08. The second kappa shape index (κ2) is 21.9. The predicted molar refractivity (Wildman–Crippen MR) is 218 cm³/mol. The highest BCUT2D eigenvalue weighted by Gasteiger charge is 2.21. The molecule has 0 aliphatic heterocycles. The number of nitrogens with zero attached hydrogens (tertiary/aromatic N) is 3. The highest BCUT2D eigenvalue weighted by atomic mass is 16.5. The van der Waals surface area contributed by atoms with Crippen LogP contribution in [-0.4, -0.2) is 92.0 Å². The Morgan fingerprint density at radius 3 is 1.98 bits per heavy atom. The molecule has 2 N–H and O–H groups in total. The van der Waals surface area contributed by atoms with Crippen molar-refractivity contribution in [2.45, 2.75) is 65.0 Å². The van der Waals surface area contributed by atoms with Crippen molar-refractivity contribution in [2.24, 2.45) is 0 Å². The highest BCUT2D eigenvalue weighted by Crippen LogP contribution is 2.22. The average molecular weight is 780 g/mol. The van der Waals surface area contributed by atoms with Gasteiger partial charge in [0.15, 0.2) is 5.69 Å². The van der Waals surface area contributed by atoms with Crippen molar-refractivity contribution >= 4 is 41.0 Å². The molecule has 1 aromatic heterocycles. The lowest BCUT2D eigenvalue weighted by atomic mass is 10.0. The maximum absolute atomic E-state index is 13.7. The second-order valence-corrected chi connectivity index (χ2v) is 13.6. The van der Waals surface area contributed by atoms with Crippen LogP contribution in [0.3, 0.4) is 0 Å². The topological polar surface area (TPSA) is 156 Å². The minimum absolute atomic E-state index is 0.0107. The number of carbonyl (C=O) groups excluding carboxylic acids is 5. The summed E-state index contributed by atoms with van der Waals surface area (Å²) in [5.41, 5.74) is 4.74. The number of aryl methyl sites for hydroxylation is 2. The quantitative estimate of drug-likeness (QED) is 0.0942. The fourth-order valence-corrected chi connectivity index (χ4v) is 6.33. The van der Waals surface area contributed by atoms with Crippen molar-refractivity contribution < 1.29 is 38.2 Å². The van der Waals surface area contributed by atoms with Gasteiger partial charge in [-0.05, 0) is 84.8 Å². The maximum Gasteiger partial charge on any atom is 0.337 e. The minimum Gasteiger partial charge on any atom is -0.481 e. The minimum atomic E-state index is -0.522. The van der Waals surface area contributed by atoms with E-state index in [1.54, 1.807) is 42.3 Å². The molecule has 13 nitrogen and oxygen atoms in total. The molecule has 0 saturated carbocycles. The van der Waals surface area contributed by atoms with Crippen LogP contribution < -0.4 is 15.4 Å². The van der Waals surface area contributed by atoms with Gasteiger partial charge in [0.2, 0.25) is 11.8 Å². The number of hydrogen-bond donors (Lipinski definition) is 2. The van der Waals surface area contributed by atoms with Crippen LogP contribution in [0.4, 0.5) is 11.4 Å². The summed E-state index contributed by atoms with van der Waals surface area (Å²) in [6.45, 7) is 5.89. The SMILES string of the molecule is CCC(CC)N(CCN(C)C(=O)CCC(=O)OC)Cc1cccc(C(=O)Nc2ccc(OC)nc2C(=O)Nc2ccc(CCc3ccc(C(=O)OC)cc3)cc2)c1. The molecule has 0 unspecified atom stereocenters. The number of rotatable bonds is 20. The lowest BCUT2D eigenvalue weighted by Crippen LogP contribution is -2.41. The van der Waals surface area contributed by atoms with Gasteiger partial charge in [0.1, 0.15) is 0 Å². The number of benzene rings is 3. The molecular weight excluding hydrogens is 727 g/mol. The van der Waals surface area contributed by atoms with Crippen LogP contribution >= 0.6 is 0 Å². The van der Waals surface area contributed by atoms with Gasteiger partial charge in [0.05, 0.1) is 39.0 Å². The molecule has 302 valence electrons. The molecular formula is C44H53N5O8. The van der Waals surface area contributed by atoms with Crippen LogP contribution in [0.15, 0.2) is 84.9 Å². The maximum atomic E-state index is 13.7. The standard InChI is InChI=1S/C44H53N5O8/c1-7-36(8-2)49(27-26-48(3)39(50)24-25-40(51)56-5)29-32-10-9-11-34(28-32)42(52)46-37-22-23-38(55-4)47-41(37)43(53)45-35-20-16-31(17-21-35)13-12-30-14-18-33(19-15-30)44(54)57-6/h9-11,14-23,28,36H,7-8,12-13,24-27,29H2,1-6H3,(H,45,53)(H,46,52). The van der Waals surface area contributed by atoms with Gasteiger partial charge in [-0.2, -0.15) is 0 Å². The number of likely N-dealkylation sites (N-methyl/N-ethyl adjacent to an activating group) is 1. The van der Waals surface area contributed by atoms with E-state index in [0.29, 0.717) is 36.4 Å². The molecule has 4 aromatic rings. The van der Waals surface area contributed by atoms with Crippen molar-refractivity contribution in [3.8, 4) is 5.88 Å². The number of amides is 3. The summed E-state index contributed by atoms with van der Waals surface area (Å²) in [7, 11) is 5.84. The Labute approximate surface area is 334 Å². The number of esters is 2. The van der Waals surface area contributed by atoms with Gasteiger partial charge in [0.25, 0.3) is 11.8 Å². The summed E-state index contributed by atoms with van der Waals surface area (Å²) in [5.74, 6) is -1.63. The summed E-state index contributed by atoms with van der Waals surface area (Å²) >= 11 is 0. The van der Waals surface area contributed by atoms with Gasteiger partial charge in [-0.3, -0.25) is 24.1 Å². The Morgan fingerprint density at radius 1 is 0.702 bits per heavy atom. The Bertz CT molecular complexity index is 1980. The number of nitrogens with one attached hydrogen (secondary N) is 2. The van der Waals surface area contributed by atoms with Crippen molar-refractivity contribution in [2.75, 3.05) is 52.1 Å². The van der Waals surface area contributed by atoms with Gasteiger partial charge in [0, 0.05) is 56.5 Å². The molecule has 0 radical (unpaired) electrons. The van der Waals surface area contributed by atoms with Crippen LogP contribution in [0, 0.1) is 0 Å². The highest BCUT2D eigenvalue weighted by molar-refractivity contribution is 6.11. The largest absolute Gasteiger partial charge is 0.481 e. The van der Waals surface area contributed by atoms with E-state index in [2.05, 4.69) is 39.1 Å². The zero-order chi connectivity index (χ0) is 41.3. The third-order valence-corrected chi connectivity index (χ3v) is 9.78. The van der Waals surface area contributed by atoms with Crippen molar-refractivity contribution in [3.05, 3.63) is 118 Å². The molecule has 0 atom stereocenters. The number of carbonyl (C=O) groups is 5. The predicted octanol–water partition coefficient (Wildman–Crippen LogP) is 6.57. The zero-order valence-electron chi connectivity index (χ0n) is 33.6. The second-order valence-electron chi connectivity index (χ2n) is 13.6. The summed E-state index contributed by atoms with van der Waals surface area (Å²) < 4.78 is 14.7. The molecule has 1 heterocycles. The van der Waals surface area contributed by atoms with Crippen LogP contribution in [0.5, 0.6) is 5.88 Å². The molecule has 0 bridgehead atoms. The molecule has 57 heavy (non-hydrogen) atoms. The van der Waals surface area contributed by atoms with Gasteiger partial charge in [-0.25, -0.2) is 9.78 Å². The Balaban J connectivity index is 1.41. The van der Waals surface area contributed by atoms with E-state index in [1.165, 1.54) is 21.3 Å². The van der Waals surface area contributed by atoms with E-state index in [4.69, 9.17) is 9.47 Å². The normalized spacial score (nSPS) is 10.9. The summed E-state index contributed by atoms with van der Waals surface area (Å²) in [6.07, 6.45) is 3.47. The molecule has 0 fully saturated rings. The number of aromatic nitrogens is 1. The third kappa shape index (κ3) is 13.0. The first-order chi connectivity index (χ1) is 27.5. The molecule has 0 spiro atoms. The lowest BCUT2D eigenvalue weighted by molar-refractivity contribution is -0.143. The number of anilines is 2. The number of ether oxygens (including phenoxy) is 3. The van der Waals surface area contributed by atoms with Crippen LogP contribution in [0.2, 0.25) is 0 Å². The fraction of sp³-hybridized carbons (Fsp3) is 0.364. The monoisotopic (exact) mass is 779 g/mol. The molecule has 0 saturated heterocycles. The number of pyridine rings is 1. The van der Waals surface area contributed by atoms with E-state index < -0.39 is 17.8 Å². The van der Waals surface area contributed by atoms with Gasteiger partial charge >= 0.3 is 11.9 Å². The van der Waals surface area contributed by atoms with E-state index in [0.717, 1.165) is 42.4 Å². The van der Waals surface area contributed by atoms with Crippen LogP contribution in [0.1, 0.15) is 87.4 Å². The first-order valence-corrected chi connectivity index (χ1v) is 19.1. The van der Waals surface area contributed by atoms with Crippen LogP contribution in [0.25, 0.3) is 0 Å². The van der Waals surface area contributed by atoms with E-state index in [-0.39, 0.29) is 48.0 Å². The van der Waals surface area contributed by atoms with Crippen molar-refractivity contribution in [1.29, 1.82) is 0 Å². The summed E-state index contributed by atoms with van der Waals surface area (Å²) in [5, 5.41) is 5.74. The molecule has 3 amide bonds. The third-order valence-electron chi connectivity index (χ3n) is 9.78. The number of methoxy groups -OCH3 is 3. The van der Waals surface area contributed by atoms with Crippen molar-refractivity contribution in [1.82, 2.24) is 14.8 Å². The smallest absolute Gasteiger partial charge is 0.337 e. The molecule has 0 aliphatic rings. The molecule has 0 aliphatic carbocycles. The van der Waals surface area contributed by atoms with E-state index >= 15 is 0 Å². The lowest BCUT2D eigenvalue weighted by Gasteiger charge is -2.32. The fourth-order valence-electron chi connectivity index (χ4n) is 6.33. The van der Waals surface area contributed by atoms with E-state index in [1.807, 2.05) is 54.6 Å². The molecule has 13 heteroatoms. The first-order valence-electron chi connectivity index (χ1n) is 19.1. The van der Waals surface area contributed by atoms with Gasteiger partial charge < -0.3 is 29.7 Å². The van der Waals surface area contributed by atoms with Gasteiger partial charge in [-0.15, -0.1) is 0 Å². The summed E-state index contributed by atoms with van der Waals surface area (Å²) in [6, 6.07) is 25.5. The van der Waals surface area contributed by atoms with Crippen molar-refractivity contribution in [3.63, 3.8) is 0 Å². The van der Waals surface area contributed by atoms with E-state index in [9.17, 15) is 24.0 Å². The Kier molecular flexibility index (Phi) is 16.7. The van der Waals surface area contributed by atoms with Gasteiger partial charge in [-0.1, -0.05) is 50.2 Å². The number of hydrogen-bond acceptors (Lipinski definition) is 10. The summed E-state index contributed by atoms with van der Waals surface area (Å²) in [4.78, 5) is 71.4. The molecule has 4 rings (SSSR count). The Morgan fingerprint density at radius 2 is 1.37 bits per heavy atom. The zero-order valence-corrected chi connectivity index (χ0v) is 33.6.